The van der Waals surface area contributed by atoms with E-state index in [1.165, 1.54) is 19.3 Å². The van der Waals surface area contributed by atoms with Crippen LogP contribution in [0.4, 0.5) is 4.39 Å². The first-order valence-electron chi connectivity index (χ1n) is 13.7. The van der Waals surface area contributed by atoms with Gasteiger partial charge in [-0.05, 0) is 109 Å². The van der Waals surface area contributed by atoms with Gasteiger partial charge in [-0.1, -0.05) is 55.9 Å². The number of halogens is 1. The van der Waals surface area contributed by atoms with E-state index in [0.717, 1.165) is 59.2 Å². The molecular weight excluding hydrogens is 355 g/mol. The van der Waals surface area contributed by atoms with E-state index in [-0.39, 0.29) is 7.38 Å². The summed E-state index contributed by atoms with van der Waals surface area (Å²) >= 11 is 0. The molecule has 0 nitrogen and oxygen atoms in total. The molecule has 8 rings (SSSR count). The molecule has 7 aliphatic rings. The fourth-order valence-electron chi connectivity index (χ4n) is 8.94. The molecule has 0 aliphatic heterocycles. The third kappa shape index (κ3) is 2.75. The molecule has 0 radical (unpaired) electrons. The van der Waals surface area contributed by atoms with E-state index in [0.29, 0.717) is 0 Å². The van der Waals surface area contributed by atoms with Crippen molar-refractivity contribution in [1.82, 2.24) is 0 Å². The number of rotatable bonds is 0. The first-order valence-corrected chi connectivity index (χ1v) is 11.6. The summed E-state index contributed by atoms with van der Waals surface area (Å²) in [6, 6.07) is 9.08. The quantitative estimate of drug-likeness (QED) is 0.320. The Hall–Kier alpha value is -1.37. The summed E-state index contributed by atoms with van der Waals surface area (Å²) in [5.41, 5.74) is 3.29. The summed E-state index contributed by atoms with van der Waals surface area (Å²) < 4.78 is 27.2. The molecule has 29 heavy (non-hydrogen) atoms. The molecule has 1 heteroatoms. The second kappa shape index (κ2) is 7.40. The minimum atomic E-state index is -1.00. The minimum absolute atomic E-state index is 0.250. The van der Waals surface area contributed by atoms with Crippen molar-refractivity contribution in [2.45, 2.75) is 51.8 Å². The van der Waals surface area contributed by atoms with Crippen LogP contribution in [0.15, 0.2) is 48.6 Å². The maximum Gasteiger partial charge on any atom is 0.0785 e. The predicted octanol–water partition coefficient (Wildman–Crippen LogP) is 7.22. The molecule has 0 heterocycles. The molecule has 1 aromatic rings. The largest absolute Gasteiger partial charge is 0.255 e. The lowest BCUT2D eigenvalue weighted by atomic mass is 9.73. The van der Waals surface area contributed by atoms with Crippen LogP contribution in [0.1, 0.15) is 60.6 Å². The number of hydrogen-bond donors (Lipinski definition) is 0. The lowest BCUT2D eigenvalue weighted by Gasteiger charge is -2.31. The molecule has 0 spiro atoms. The van der Waals surface area contributed by atoms with Gasteiger partial charge >= 0.3 is 0 Å². The fraction of sp³-hybridized carbons (Fsp3) is 0.643. The van der Waals surface area contributed by atoms with Gasteiger partial charge in [-0.25, -0.2) is 0 Å². The van der Waals surface area contributed by atoms with Gasteiger partial charge in [0.1, 0.15) is 0 Å². The standard InChI is InChI=1S/C14H14.C12H16.CH3F.CH4/c1-2-4-12-9(3-1)8-13-10-5-6-11(7-10)14(12)13;1-2-8-5-7(1)11-9-3-4-10(6-9)12(8)11;1-2;/h1-6,10-11,13-14H,7-8H2;1-2,7-12H,3-6H2;1H3;1H4/i;;1T;1TD. The van der Waals surface area contributed by atoms with E-state index in [1.54, 1.807) is 30.4 Å². The highest BCUT2D eigenvalue weighted by atomic mass is 19.1. The van der Waals surface area contributed by atoms with Gasteiger partial charge in [0, 0.05) is 2.74 Å². The van der Waals surface area contributed by atoms with Gasteiger partial charge in [0.25, 0.3) is 0 Å². The zero-order chi connectivity index (χ0) is 22.2. The SMILES string of the molecule is C1=CC2CC1C1C3CCC(C3)C21.C1=CC2CC1C1Cc3ccccc3C21.[2H]C[3H].[3H]CF. The van der Waals surface area contributed by atoms with E-state index < -0.39 is 7.15 Å². The highest BCUT2D eigenvalue weighted by Gasteiger charge is 2.57. The molecule has 4 saturated carbocycles. The van der Waals surface area contributed by atoms with Gasteiger partial charge in [0.2, 0.25) is 0 Å². The highest BCUT2D eigenvalue weighted by Crippen LogP contribution is 2.65. The Morgan fingerprint density at radius 2 is 1.55 bits per heavy atom. The average molecular weight is 398 g/mol. The van der Waals surface area contributed by atoms with Crippen LogP contribution in [0.5, 0.6) is 0 Å². The van der Waals surface area contributed by atoms with Crippen molar-refractivity contribution < 1.29 is 8.50 Å². The lowest BCUT2D eigenvalue weighted by molar-refractivity contribution is 0.206. The minimum Gasteiger partial charge on any atom is -0.255 e. The van der Waals surface area contributed by atoms with Crippen molar-refractivity contribution in [3.63, 3.8) is 0 Å². The van der Waals surface area contributed by atoms with Crippen molar-refractivity contribution in [3.8, 4) is 0 Å². The Balaban J connectivity index is 0.000000110. The van der Waals surface area contributed by atoms with Crippen LogP contribution in [-0.2, 0) is 6.42 Å². The molecule has 7 aliphatic carbocycles. The van der Waals surface area contributed by atoms with Gasteiger partial charge in [-0.2, -0.15) is 0 Å². The predicted molar refractivity (Wildman–Crippen MR) is 119 cm³/mol. The van der Waals surface area contributed by atoms with Gasteiger partial charge in [-0.3, -0.25) is 4.39 Å². The van der Waals surface area contributed by atoms with Crippen molar-refractivity contribution in [2.75, 3.05) is 7.15 Å². The third-order valence-corrected chi connectivity index (χ3v) is 9.68. The van der Waals surface area contributed by atoms with E-state index in [2.05, 4.69) is 48.6 Å². The zero-order valence-electron chi connectivity index (χ0n) is 20.4. The number of alkyl halides is 1. The highest BCUT2D eigenvalue weighted by molar-refractivity contribution is 5.41. The van der Waals surface area contributed by atoms with Crippen molar-refractivity contribution in [1.29, 1.82) is 0 Å². The molecule has 0 saturated heterocycles. The Morgan fingerprint density at radius 3 is 2.28 bits per heavy atom. The van der Waals surface area contributed by atoms with Gasteiger partial charge < -0.3 is 0 Å². The van der Waals surface area contributed by atoms with Crippen LogP contribution in [0.3, 0.4) is 0 Å². The zero-order valence-corrected chi connectivity index (χ0v) is 17.4. The normalized spacial score (nSPS) is 48.1. The lowest BCUT2D eigenvalue weighted by Crippen LogP contribution is -2.25. The molecule has 1 aromatic carbocycles. The monoisotopic (exact) mass is 397 g/mol. The summed E-state index contributed by atoms with van der Waals surface area (Å²) in [6.45, 7) is 0. The summed E-state index contributed by atoms with van der Waals surface area (Å²) in [6.07, 6.45) is 19.1. The van der Waals surface area contributed by atoms with E-state index in [4.69, 9.17) is 4.11 Å². The molecule has 6 bridgehead atoms. The van der Waals surface area contributed by atoms with Gasteiger partial charge in [0.05, 0.1) is 8.52 Å². The Kier molecular flexibility index (Phi) is 4.17. The molecular formula is C28H37F. The number of hydrogen-bond acceptors (Lipinski definition) is 0. The average Bonchev–Trinajstić information content (AvgIpc) is 3.63. The number of fused-ring (bicyclic) bond motifs is 16. The molecule has 0 aromatic heterocycles. The third-order valence-electron chi connectivity index (χ3n) is 9.68. The van der Waals surface area contributed by atoms with Crippen molar-refractivity contribution in [2.24, 2.45) is 53.3 Å². The number of allylic oxidation sites excluding steroid dienone is 4. The first-order chi connectivity index (χ1) is 15.7. The second-order valence-electron chi connectivity index (χ2n) is 10.5. The molecule has 0 amide bonds. The van der Waals surface area contributed by atoms with Crippen molar-refractivity contribution >= 4 is 0 Å². The maximum absolute atomic E-state index is 9.96. The second-order valence-corrected chi connectivity index (χ2v) is 10.5. The smallest absolute Gasteiger partial charge is 0.0785 e. The van der Waals surface area contributed by atoms with Gasteiger partial charge in [-0.15, -0.1) is 0 Å². The van der Waals surface area contributed by atoms with Crippen LogP contribution < -0.4 is 0 Å². The van der Waals surface area contributed by atoms with Crippen LogP contribution in [0, 0.1) is 53.3 Å². The Bertz CT molecular complexity index is 825. The molecule has 10 unspecified atom stereocenters. The summed E-state index contributed by atoms with van der Waals surface area (Å²) in [5.74, 6) is 10.2. The van der Waals surface area contributed by atoms with Crippen LogP contribution in [0.2, 0.25) is 0 Å². The van der Waals surface area contributed by atoms with E-state index >= 15 is 0 Å². The van der Waals surface area contributed by atoms with Crippen LogP contribution >= 0.6 is 0 Å². The molecule has 0 N–H and O–H groups in total. The van der Waals surface area contributed by atoms with Gasteiger partial charge in [0.15, 0.2) is 0 Å². The van der Waals surface area contributed by atoms with Crippen LogP contribution in [-0.4, -0.2) is 7.15 Å². The summed E-state index contributed by atoms with van der Waals surface area (Å²) in [7, 11) is -1.25. The number of benzene rings is 1. The van der Waals surface area contributed by atoms with Crippen molar-refractivity contribution in [3.05, 3.63) is 59.7 Å². The van der Waals surface area contributed by atoms with Crippen LogP contribution in [0.25, 0.3) is 0 Å². The fourth-order valence-corrected chi connectivity index (χ4v) is 8.94. The maximum atomic E-state index is 9.96. The van der Waals surface area contributed by atoms with E-state index in [1.807, 2.05) is 0 Å². The van der Waals surface area contributed by atoms with E-state index in [9.17, 15) is 4.39 Å². The Labute approximate surface area is 180 Å². The molecule has 10 atom stereocenters. The Morgan fingerprint density at radius 1 is 0.966 bits per heavy atom. The summed E-state index contributed by atoms with van der Waals surface area (Å²) in [5, 5.41) is 0. The molecule has 156 valence electrons. The summed E-state index contributed by atoms with van der Waals surface area (Å²) in [4.78, 5) is 0. The topological polar surface area (TPSA) is 0 Å². The first kappa shape index (κ1) is 16.3. The molecule has 4 fully saturated rings.